The molecule has 37 heavy (non-hydrogen) atoms. The molecule has 2 amide bonds. The minimum atomic E-state index is -0.126. The molecule has 4 aliphatic rings. The highest BCUT2D eigenvalue weighted by molar-refractivity contribution is 5.97. The number of aromatic nitrogens is 1. The fourth-order valence-corrected chi connectivity index (χ4v) is 6.00. The zero-order valence-corrected chi connectivity index (χ0v) is 22.7. The molecule has 3 aliphatic heterocycles. The number of pyridine rings is 1. The third-order valence-electron chi connectivity index (χ3n) is 7.95. The molecule has 5 rings (SSSR count). The van der Waals surface area contributed by atoms with Crippen molar-refractivity contribution >= 4 is 11.9 Å². The van der Waals surface area contributed by atoms with E-state index in [4.69, 9.17) is 9.98 Å². The van der Waals surface area contributed by atoms with Crippen molar-refractivity contribution < 1.29 is 4.79 Å². The predicted octanol–water partition coefficient (Wildman–Crippen LogP) is 2.21. The number of amidine groups is 1. The lowest BCUT2D eigenvalue weighted by atomic mass is 9.90. The molecule has 1 saturated heterocycles. The number of urea groups is 1. The summed E-state index contributed by atoms with van der Waals surface area (Å²) in [4.78, 5) is 32.2. The average molecular weight is 507 g/mol. The normalized spacial score (nSPS) is 25.6. The maximum absolute atomic E-state index is 12.6. The molecule has 1 aliphatic carbocycles. The predicted molar refractivity (Wildman–Crippen MR) is 147 cm³/mol. The van der Waals surface area contributed by atoms with Crippen LogP contribution in [0.2, 0.25) is 0 Å². The number of rotatable bonds is 7. The smallest absolute Gasteiger partial charge is 0.315 e. The van der Waals surface area contributed by atoms with Crippen LogP contribution in [0.25, 0.3) is 0 Å². The van der Waals surface area contributed by atoms with Gasteiger partial charge in [0.1, 0.15) is 11.7 Å². The SMILES string of the molecule is CC(C)NC(=O)NCC1C(CN(C)[C@H]2CCCc3cccnc32)N=C2C=CC=C(N3CCN(C)CC3)N21. The van der Waals surface area contributed by atoms with Gasteiger partial charge in [0, 0.05) is 51.5 Å². The zero-order chi connectivity index (χ0) is 25.9. The maximum Gasteiger partial charge on any atom is 0.315 e. The molecule has 4 heterocycles. The largest absolute Gasteiger partial charge is 0.355 e. The number of hydrogen-bond donors (Lipinski definition) is 2. The van der Waals surface area contributed by atoms with Crippen molar-refractivity contribution in [2.24, 2.45) is 4.99 Å². The monoisotopic (exact) mass is 506 g/mol. The molecular formula is C28H42N8O. The van der Waals surface area contributed by atoms with Crippen molar-refractivity contribution in [3.8, 4) is 0 Å². The van der Waals surface area contributed by atoms with Crippen LogP contribution < -0.4 is 10.6 Å². The number of nitrogens with one attached hydrogen (secondary N) is 2. The van der Waals surface area contributed by atoms with E-state index >= 15 is 0 Å². The lowest BCUT2D eigenvalue weighted by Gasteiger charge is -2.42. The first-order chi connectivity index (χ1) is 17.9. The van der Waals surface area contributed by atoms with Gasteiger partial charge in [-0.05, 0) is 71.0 Å². The van der Waals surface area contributed by atoms with E-state index in [0.717, 1.165) is 51.4 Å². The highest BCUT2D eigenvalue weighted by Gasteiger charge is 2.41. The molecule has 1 aromatic rings. The van der Waals surface area contributed by atoms with Crippen molar-refractivity contribution in [3.05, 3.63) is 53.6 Å². The lowest BCUT2D eigenvalue weighted by Crippen LogP contribution is -2.55. The molecule has 0 spiro atoms. The molecule has 2 N–H and O–H groups in total. The Bertz CT molecular complexity index is 1060. The van der Waals surface area contributed by atoms with Crippen LogP contribution in [0.5, 0.6) is 0 Å². The highest BCUT2D eigenvalue weighted by Crippen LogP contribution is 2.34. The molecule has 3 atom stereocenters. The Hall–Kier alpha value is -2.91. The summed E-state index contributed by atoms with van der Waals surface area (Å²) in [5, 5.41) is 6.11. The van der Waals surface area contributed by atoms with Gasteiger partial charge in [0.15, 0.2) is 0 Å². The fourth-order valence-electron chi connectivity index (χ4n) is 6.00. The Balaban J connectivity index is 1.36. The Labute approximate surface area is 221 Å². The van der Waals surface area contributed by atoms with Gasteiger partial charge in [-0.25, -0.2) is 4.79 Å². The number of carbonyl (C=O) groups is 1. The summed E-state index contributed by atoms with van der Waals surface area (Å²) in [6.07, 6.45) is 11.7. The number of amides is 2. The Morgan fingerprint density at radius 2 is 2.05 bits per heavy atom. The molecule has 9 nitrogen and oxygen atoms in total. The van der Waals surface area contributed by atoms with Crippen LogP contribution in [0.4, 0.5) is 4.79 Å². The van der Waals surface area contributed by atoms with Crippen LogP contribution in [0.1, 0.15) is 44.0 Å². The van der Waals surface area contributed by atoms with Gasteiger partial charge >= 0.3 is 6.03 Å². The standard InChI is InChI=1S/C28H42N8O/c1-20(2)31-28(37)30-18-24-22(19-34(4)23-10-5-8-21-9-7-13-29-27(21)23)32-25-11-6-12-26(36(24)25)35-16-14-33(3)15-17-35/h6-7,9,11-13,20,22-24H,5,8,10,14-19H2,1-4H3,(H2,30,31,37)/t22?,23-,24?/m0/s1. The highest BCUT2D eigenvalue weighted by atomic mass is 16.2. The molecule has 9 heteroatoms. The summed E-state index contributed by atoms with van der Waals surface area (Å²) in [6.45, 7) is 9.36. The first kappa shape index (κ1) is 25.7. The average Bonchev–Trinajstić information content (AvgIpc) is 3.24. The third kappa shape index (κ3) is 5.67. The van der Waals surface area contributed by atoms with Gasteiger partial charge < -0.3 is 25.3 Å². The van der Waals surface area contributed by atoms with E-state index in [2.05, 4.69) is 68.6 Å². The summed E-state index contributed by atoms with van der Waals surface area (Å²) < 4.78 is 0. The van der Waals surface area contributed by atoms with E-state index < -0.39 is 0 Å². The molecule has 0 saturated carbocycles. The van der Waals surface area contributed by atoms with Gasteiger partial charge in [-0.15, -0.1) is 0 Å². The maximum atomic E-state index is 12.6. The van der Waals surface area contributed by atoms with Crippen LogP contribution in [0.3, 0.4) is 0 Å². The van der Waals surface area contributed by atoms with Crippen molar-refractivity contribution in [1.82, 2.24) is 35.2 Å². The quantitative estimate of drug-likeness (QED) is 0.591. The number of fused-ring (bicyclic) bond motifs is 2. The molecule has 0 bridgehead atoms. The Kier molecular flexibility index (Phi) is 7.81. The van der Waals surface area contributed by atoms with E-state index in [-0.39, 0.29) is 24.2 Å². The second-order valence-electron chi connectivity index (χ2n) is 11.1. The molecule has 1 aromatic heterocycles. The van der Waals surface area contributed by atoms with E-state index in [0.29, 0.717) is 12.6 Å². The van der Waals surface area contributed by atoms with Crippen LogP contribution in [-0.2, 0) is 6.42 Å². The minimum absolute atomic E-state index is 0.0343. The number of aryl methyl sites for hydroxylation is 1. The second-order valence-corrected chi connectivity index (χ2v) is 11.1. The van der Waals surface area contributed by atoms with Gasteiger partial charge in [0.2, 0.25) is 0 Å². The summed E-state index contributed by atoms with van der Waals surface area (Å²) >= 11 is 0. The Morgan fingerprint density at radius 3 is 2.84 bits per heavy atom. The number of allylic oxidation sites excluding steroid dienone is 2. The minimum Gasteiger partial charge on any atom is -0.355 e. The van der Waals surface area contributed by atoms with E-state index in [1.165, 1.54) is 23.5 Å². The summed E-state index contributed by atoms with van der Waals surface area (Å²) in [6, 6.07) is 4.60. The van der Waals surface area contributed by atoms with Crippen LogP contribution in [0, 0.1) is 0 Å². The van der Waals surface area contributed by atoms with Crippen LogP contribution in [-0.4, -0.2) is 108 Å². The molecule has 0 aromatic carbocycles. The number of nitrogens with zero attached hydrogens (tertiary/aromatic N) is 6. The number of likely N-dealkylation sites (N-methyl/N-ethyl adjacent to an activating group) is 2. The summed E-state index contributed by atoms with van der Waals surface area (Å²) in [7, 11) is 4.38. The van der Waals surface area contributed by atoms with Crippen molar-refractivity contribution in [3.63, 3.8) is 0 Å². The zero-order valence-electron chi connectivity index (χ0n) is 22.7. The van der Waals surface area contributed by atoms with Crippen molar-refractivity contribution in [1.29, 1.82) is 0 Å². The number of hydrogen-bond acceptors (Lipinski definition) is 7. The summed E-state index contributed by atoms with van der Waals surface area (Å²) in [5.74, 6) is 2.19. The van der Waals surface area contributed by atoms with Gasteiger partial charge in [-0.1, -0.05) is 12.1 Å². The number of aliphatic imine (C=N–C) groups is 1. The fraction of sp³-hybridized carbons (Fsp3) is 0.607. The molecule has 200 valence electrons. The molecule has 1 fully saturated rings. The molecule has 2 unspecified atom stereocenters. The third-order valence-corrected chi connectivity index (χ3v) is 7.95. The van der Waals surface area contributed by atoms with Crippen molar-refractivity contribution in [2.45, 2.75) is 57.3 Å². The topological polar surface area (TPSA) is 79.3 Å². The van der Waals surface area contributed by atoms with Crippen LogP contribution in [0.15, 0.2) is 47.4 Å². The van der Waals surface area contributed by atoms with E-state index in [1.54, 1.807) is 0 Å². The number of carbonyl (C=O) groups excluding carboxylic acids is 1. The van der Waals surface area contributed by atoms with Gasteiger partial charge in [0.25, 0.3) is 0 Å². The van der Waals surface area contributed by atoms with E-state index in [9.17, 15) is 4.79 Å². The molecular weight excluding hydrogens is 464 g/mol. The summed E-state index contributed by atoms with van der Waals surface area (Å²) in [5.41, 5.74) is 2.58. The van der Waals surface area contributed by atoms with Gasteiger partial charge in [-0.3, -0.25) is 14.9 Å². The number of piperazine rings is 1. The van der Waals surface area contributed by atoms with E-state index in [1.807, 2.05) is 26.1 Å². The van der Waals surface area contributed by atoms with Crippen LogP contribution >= 0.6 is 0 Å². The first-order valence-electron chi connectivity index (χ1n) is 13.8. The Morgan fingerprint density at radius 1 is 1.24 bits per heavy atom. The second kappa shape index (κ2) is 11.2. The van der Waals surface area contributed by atoms with Crippen molar-refractivity contribution in [2.75, 3.05) is 53.4 Å². The first-order valence-corrected chi connectivity index (χ1v) is 13.8. The lowest BCUT2D eigenvalue weighted by molar-refractivity contribution is 0.139. The molecule has 0 radical (unpaired) electrons. The van der Waals surface area contributed by atoms with Gasteiger partial charge in [-0.2, -0.15) is 0 Å². The van der Waals surface area contributed by atoms with Gasteiger partial charge in [0.05, 0.1) is 23.8 Å².